The molecule has 0 radical (unpaired) electrons. The zero-order valence-electron chi connectivity index (χ0n) is 26.7. The van der Waals surface area contributed by atoms with E-state index >= 15 is 0 Å². The molecule has 5 nitrogen and oxygen atoms in total. The lowest BCUT2D eigenvalue weighted by molar-refractivity contribution is 0.299. The molecule has 0 aromatic heterocycles. The molecule has 0 aliphatic rings. The van der Waals surface area contributed by atoms with E-state index in [4.69, 9.17) is 0 Å². The van der Waals surface area contributed by atoms with E-state index in [1.54, 1.807) is 0 Å². The van der Waals surface area contributed by atoms with Gasteiger partial charge in [0.05, 0.1) is 0 Å². The van der Waals surface area contributed by atoms with Crippen molar-refractivity contribution in [3.8, 4) is 11.1 Å². The van der Waals surface area contributed by atoms with Gasteiger partial charge in [-0.25, -0.2) is 0 Å². The van der Waals surface area contributed by atoms with E-state index in [9.17, 15) is 15.3 Å². The molecule has 6 rings (SSSR count). The van der Waals surface area contributed by atoms with Crippen molar-refractivity contribution in [1.29, 1.82) is 0 Å². The minimum Gasteiger partial charge on any atom is -0.396 e. The topological polar surface area (TPSA) is 67.2 Å². The van der Waals surface area contributed by atoms with E-state index in [1.165, 1.54) is 0 Å². The van der Waals surface area contributed by atoms with Gasteiger partial charge in [0.15, 0.2) is 0 Å². The van der Waals surface area contributed by atoms with Crippen molar-refractivity contribution in [3.63, 3.8) is 0 Å². The number of hydrogen-bond acceptors (Lipinski definition) is 5. The number of nitrogens with zero attached hydrogens (tertiary/aromatic N) is 2. The molecule has 6 heteroatoms. The summed E-state index contributed by atoms with van der Waals surface area (Å²) in [6.45, 7) is 0.385. The van der Waals surface area contributed by atoms with Gasteiger partial charge in [-0.2, -0.15) is 0 Å². The van der Waals surface area contributed by atoms with E-state index in [0.29, 0.717) is 19.3 Å². The lowest BCUT2D eigenvalue weighted by atomic mass is 10.0. The monoisotopic (exact) mass is 746 g/mol. The lowest BCUT2D eigenvalue weighted by Gasteiger charge is -2.27. The second kappa shape index (κ2) is 16.1. The largest absolute Gasteiger partial charge is 0.396 e. The van der Waals surface area contributed by atoms with Crippen LogP contribution >= 0.6 is 22.6 Å². The molecule has 0 heterocycles. The van der Waals surface area contributed by atoms with Crippen LogP contribution in [-0.2, 0) is 19.3 Å². The van der Waals surface area contributed by atoms with Crippen LogP contribution in [0.25, 0.3) is 11.1 Å². The molecule has 0 unspecified atom stereocenters. The average molecular weight is 747 g/mol. The normalized spacial score (nSPS) is 11.0. The van der Waals surface area contributed by atoms with Crippen LogP contribution in [-0.4, -0.2) is 35.1 Å². The summed E-state index contributed by atoms with van der Waals surface area (Å²) in [5.41, 5.74) is 11.9. The first-order chi connectivity index (χ1) is 23.6. The lowest BCUT2D eigenvalue weighted by Crippen LogP contribution is -2.11. The third-order valence-electron chi connectivity index (χ3n) is 8.45. The van der Waals surface area contributed by atoms with Crippen molar-refractivity contribution in [2.45, 2.75) is 19.3 Å². The van der Waals surface area contributed by atoms with Crippen molar-refractivity contribution in [3.05, 3.63) is 166 Å². The summed E-state index contributed by atoms with van der Waals surface area (Å²) < 4.78 is 1.14. The Morgan fingerprint density at radius 1 is 0.396 bits per heavy atom. The quantitative estimate of drug-likeness (QED) is 0.103. The van der Waals surface area contributed by atoms with Gasteiger partial charge >= 0.3 is 0 Å². The van der Waals surface area contributed by atoms with Crippen LogP contribution in [0.1, 0.15) is 16.7 Å². The molecule has 242 valence electrons. The highest BCUT2D eigenvalue weighted by Crippen LogP contribution is 2.39. The predicted octanol–water partition coefficient (Wildman–Crippen LogP) is 9.50. The Kier molecular flexibility index (Phi) is 11.2. The highest BCUT2D eigenvalue weighted by Gasteiger charge is 2.16. The molecule has 0 fully saturated rings. The first-order valence-corrected chi connectivity index (χ1v) is 17.3. The summed E-state index contributed by atoms with van der Waals surface area (Å²) in [6, 6.07) is 50.7. The first kappa shape index (κ1) is 33.4. The molecule has 0 atom stereocenters. The zero-order chi connectivity index (χ0) is 33.3. The second-order valence-corrected chi connectivity index (χ2v) is 12.8. The van der Waals surface area contributed by atoms with Crippen LogP contribution in [0.5, 0.6) is 0 Å². The van der Waals surface area contributed by atoms with Gasteiger partial charge in [-0.05, 0) is 142 Å². The number of halogens is 1. The predicted molar refractivity (Wildman–Crippen MR) is 206 cm³/mol. The van der Waals surface area contributed by atoms with Gasteiger partial charge in [-0.1, -0.05) is 72.8 Å². The Bertz CT molecular complexity index is 1840. The molecule has 0 aliphatic carbocycles. The summed E-state index contributed by atoms with van der Waals surface area (Å²) >= 11 is 2.43. The molecule has 48 heavy (non-hydrogen) atoms. The maximum Gasteiger partial charge on any atom is 0.0472 e. The third-order valence-corrected chi connectivity index (χ3v) is 9.34. The van der Waals surface area contributed by atoms with Gasteiger partial charge in [0.2, 0.25) is 0 Å². The highest BCUT2D eigenvalue weighted by molar-refractivity contribution is 14.1. The van der Waals surface area contributed by atoms with Gasteiger partial charge in [0, 0.05) is 57.5 Å². The van der Waals surface area contributed by atoms with Crippen molar-refractivity contribution >= 4 is 56.7 Å². The second-order valence-electron chi connectivity index (χ2n) is 11.6. The Hall–Kier alpha value is -4.47. The molecule has 0 saturated heterocycles. The Morgan fingerprint density at radius 2 is 0.750 bits per heavy atom. The molecule has 0 bridgehead atoms. The molecular weight excluding hydrogens is 707 g/mol. The van der Waals surface area contributed by atoms with E-state index in [1.807, 2.05) is 6.07 Å². The van der Waals surface area contributed by atoms with Crippen LogP contribution in [0.4, 0.5) is 34.1 Å². The Balaban J connectivity index is 1.32. The number of aliphatic hydroxyl groups excluding tert-OH is 3. The summed E-state index contributed by atoms with van der Waals surface area (Å²) in [5.74, 6) is 0. The van der Waals surface area contributed by atoms with Gasteiger partial charge in [0.25, 0.3) is 0 Å². The molecule has 0 saturated carbocycles. The van der Waals surface area contributed by atoms with Crippen LogP contribution in [0.2, 0.25) is 0 Å². The Labute approximate surface area is 296 Å². The fraction of sp³-hybridized carbons (Fsp3) is 0.143. The molecule has 3 N–H and O–H groups in total. The fourth-order valence-corrected chi connectivity index (χ4v) is 6.77. The van der Waals surface area contributed by atoms with Gasteiger partial charge in [-0.15, -0.1) is 0 Å². The SMILES string of the molecule is OCCc1ccc(N(c2ccccc2)c2ccc(-c3ccc(N(c4ccc(CCO)cc4)c4ccc(CCO)cc4)cc3I)cc2)cc1. The summed E-state index contributed by atoms with van der Waals surface area (Å²) in [6.07, 6.45) is 1.90. The molecular formula is C42H39IN2O3. The summed E-state index contributed by atoms with van der Waals surface area (Å²) in [4.78, 5) is 4.49. The number of hydrogen-bond donors (Lipinski definition) is 3. The van der Waals surface area contributed by atoms with Gasteiger partial charge in [-0.3, -0.25) is 0 Å². The number of rotatable bonds is 13. The van der Waals surface area contributed by atoms with E-state index in [0.717, 1.165) is 65.5 Å². The van der Waals surface area contributed by atoms with Gasteiger partial charge in [0.1, 0.15) is 0 Å². The maximum atomic E-state index is 9.41. The maximum absolute atomic E-state index is 9.41. The standard InChI is InChI=1S/C42H39IN2O3/c43-42-30-40(45(37-16-8-32(9-17-37)25-28-47)38-18-10-33(11-19-38)26-29-48)22-23-41(42)34-12-20-39(21-13-34)44(35-4-2-1-3-5-35)36-14-6-31(7-15-36)24-27-46/h1-23,30,46-48H,24-29H2. The van der Waals surface area contributed by atoms with Crippen LogP contribution in [0.3, 0.4) is 0 Å². The smallest absolute Gasteiger partial charge is 0.0472 e. The van der Waals surface area contributed by atoms with Crippen molar-refractivity contribution in [2.75, 3.05) is 29.6 Å². The van der Waals surface area contributed by atoms with Gasteiger partial charge < -0.3 is 25.1 Å². The molecule has 0 amide bonds. The van der Waals surface area contributed by atoms with Crippen molar-refractivity contribution < 1.29 is 15.3 Å². The Morgan fingerprint density at radius 3 is 1.15 bits per heavy atom. The summed E-state index contributed by atoms with van der Waals surface area (Å²) in [7, 11) is 0. The summed E-state index contributed by atoms with van der Waals surface area (Å²) in [5, 5.41) is 28.2. The van der Waals surface area contributed by atoms with E-state index in [-0.39, 0.29) is 19.8 Å². The fourth-order valence-electron chi connectivity index (χ4n) is 5.96. The number of benzene rings is 6. The first-order valence-electron chi connectivity index (χ1n) is 16.2. The molecule has 0 spiro atoms. The molecule has 0 aliphatic heterocycles. The molecule has 6 aromatic rings. The number of para-hydroxylation sites is 1. The van der Waals surface area contributed by atoms with Crippen molar-refractivity contribution in [2.24, 2.45) is 0 Å². The number of aliphatic hydroxyl groups is 3. The van der Waals surface area contributed by atoms with Crippen molar-refractivity contribution in [1.82, 2.24) is 0 Å². The minimum atomic E-state index is 0.124. The number of anilines is 6. The average Bonchev–Trinajstić information content (AvgIpc) is 3.12. The zero-order valence-corrected chi connectivity index (χ0v) is 28.9. The van der Waals surface area contributed by atoms with Crippen LogP contribution < -0.4 is 9.80 Å². The highest BCUT2D eigenvalue weighted by atomic mass is 127. The molecule has 6 aromatic carbocycles. The van der Waals surface area contributed by atoms with E-state index in [2.05, 4.69) is 172 Å². The van der Waals surface area contributed by atoms with Crippen LogP contribution in [0, 0.1) is 3.57 Å². The van der Waals surface area contributed by atoms with E-state index < -0.39 is 0 Å². The van der Waals surface area contributed by atoms with Crippen LogP contribution in [0.15, 0.2) is 146 Å². The minimum absolute atomic E-state index is 0.124. The third kappa shape index (κ3) is 7.80.